The zero-order chi connectivity index (χ0) is 15.7. The number of sulfone groups is 1. The van der Waals surface area contributed by atoms with E-state index < -0.39 is 15.4 Å². The average molecular weight is 397 g/mol. The Labute approximate surface area is 137 Å². The second-order valence-corrected chi connectivity index (χ2v) is 8.82. The highest BCUT2D eigenvalue weighted by molar-refractivity contribution is 9.10. The van der Waals surface area contributed by atoms with E-state index in [1.165, 1.54) is 0 Å². The van der Waals surface area contributed by atoms with Gasteiger partial charge in [-0.25, -0.2) is 8.42 Å². The van der Waals surface area contributed by atoms with E-state index in [0.717, 1.165) is 4.47 Å². The molecule has 1 aliphatic heterocycles. The van der Waals surface area contributed by atoms with Crippen molar-refractivity contribution in [3.8, 4) is 5.75 Å². The van der Waals surface area contributed by atoms with E-state index in [2.05, 4.69) is 21.2 Å². The van der Waals surface area contributed by atoms with Crippen molar-refractivity contribution in [2.75, 3.05) is 18.1 Å². The van der Waals surface area contributed by atoms with E-state index in [1.54, 1.807) is 25.1 Å². The fourth-order valence-corrected chi connectivity index (χ4v) is 5.04. The minimum absolute atomic E-state index is 0.0369. The van der Waals surface area contributed by atoms with Crippen LogP contribution in [0.5, 0.6) is 5.75 Å². The summed E-state index contributed by atoms with van der Waals surface area (Å²) in [6.45, 7) is 1.51. The summed E-state index contributed by atoms with van der Waals surface area (Å²) in [6, 6.07) is 5.07. The lowest BCUT2D eigenvalue weighted by molar-refractivity contribution is -0.124. The van der Waals surface area contributed by atoms with Crippen LogP contribution in [0.4, 0.5) is 0 Å². The molecule has 5 nitrogen and oxygen atoms in total. The summed E-state index contributed by atoms with van der Waals surface area (Å²) >= 11 is 9.26. The van der Waals surface area contributed by atoms with Crippen LogP contribution in [0.3, 0.4) is 0 Å². The summed E-state index contributed by atoms with van der Waals surface area (Å²) in [5, 5.41) is 3.11. The molecule has 1 fully saturated rings. The molecule has 0 unspecified atom stereocenters. The van der Waals surface area contributed by atoms with E-state index in [9.17, 15) is 13.2 Å². The van der Waals surface area contributed by atoms with E-state index in [4.69, 9.17) is 16.3 Å². The predicted molar refractivity (Wildman–Crippen MR) is 84.5 cm³/mol. The van der Waals surface area contributed by atoms with Gasteiger partial charge in [0, 0.05) is 4.47 Å². The van der Waals surface area contributed by atoms with Crippen LogP contribution in [-0.4, -0.2) is 38.0 Å². The Morgan fingerprint density at radius 1 is 1.52 bits per heavy atom. The molecule has 0 spiro atoms. The standard InChI is InChI=1S/C13H15BrClNO4S/c1-13(4-5-21(18,19)8-13)16-12(17)7-20-11-3-2-9(14)6-10(11)15/h2-3,6H,4-5,7-8H2,1H3,(H,16,17)/t13-/m0/s1. The molecule has 1 amide bonds. The Kier molecular flexibility index (Phi) is 4.85. The van der Waals surface area contributed by atoms with Crippen LogP contribution in [-0.2, 0) is 14.6 Å². The summed E-state index contributed by atoms with van der Waals surface area (Å²) < 4.78 is 29.1. The molecule has 1 aromatic carbocycles. The second kappa shape index (κ2) is 6.14. The first-order valence-corrected chi connectivity index (χ1v) is 9.28. The maximum Gasteiger partial charge on any atom is 0.258 e. The highest BCUT2D eigenvalue weighted by Gasteiger charge is 2.39. The number of amides is 1. The molecule has 1 saturated heterocycles. The number of hydrogen-bond acceptors (Lipinski definition) is 4. The monoisotopic (exact) mass is 395 g/mol. The zero-order valence-corrected chi connectivity index (χ0v) is 14.5. The van der Waals surface area contributed by atoms with Gasteiger partial charge >= 0.3 is 0 Å². The summed E-state index contributed by atoms with van der Waals surface area (Å²) in [4.78, 5) is 11.9. The minimum Gasteiger partial charge on any atom is -0.482 e. The van der Waals surface area contributed by atoms with Gasteiger partial charge in [-0.15, -0.1) is 0 Å². The third kappa shape index (κ3) is 4.59. The maximum absolute atomic E-state index is 11.9. The van der Waals surface area contributed by atoms with Crippen LogP contribution in [0.2, 0.25) is 5.02 Å². The fourth-order valence-electron chi connectivity index (χ4n) is 2.22. The molecule has 2 rings (SSSR count). The van der Waals surface area contributed by atoms with E-state index >= 15 is 0 Å². The molecule has 0 radical (unpaired) electrons. The lowest BCUT2D eigenvalue weighted by Gasteiger charge is -2.23. The van der Waals surface area contributed by atoms with Gasteiger partial charge < -0.3 is 10.1 Å². The van der Waals surface area contributed by atoms with Crippen molar-refractivity contribution in [3.63, 3.8) is 0 Å². The van der Waals surface area contributed by atoms with Crippen LogP contribution in [0.15, 0.2) is 22.7 Å². The number of nitrogens with one attached hydrogen (secondary N) is 1. The van der Waals surface area contributed by atoms with Gasteiger partial charge in [-0.05, 0) is 31.5 Å². The third-order valence-corrected chi connectivity index (χ3v) is 5.89. The quantitative estimate of drug-likeness (QED) is 0.846. The first kappa shape index (κ1) is 16.6. The average Bonchev–Trinajstić information content (AvgIpc) is 2.62. The van der Waals surface area contributed by atoms with Crippen molar-refractivity contribution in [1.29, 1.82) is 0 Å². The van der Waals surface area contributed by atoms with Crippen LogP contribution < -0.4 is 10.1 Å². The minimum atomic E-state index is -3.06. The zero-order valence-electron chi connectivity index (χ0n) is 11.4. The van der Waals surface area contributed by atoms with Crippen LogP contribution >= 0.6 is 27.5 Å². The molecular weight excluding hydrogens is 382 g/mol. The molecule has 1 aliphatic rings. The lowest BCUT2D eigenvalue weighted by atomic mass is 10.0. The van der Waals surface area contributed by atoms with Crippen molar-refractivity contribution in [2.24, 2.45) is 0 Å². The molecule has 1 heterocycles. The number of benzene rings is 1. The first-order chi connectivity index (χ1) is 9.69. The summed E-state index contributed by atoms with van der Waals surface area (Å²) in [7, 11) is -3.06. The summed E-state index contributed by atoms with van der Waals surface area (Å²) in [5.41, 5.74) is -0.719. The van der Waals surface area contributed by atoms with Crippen molar-refractivity contribution < 1.29 is 17.9 Å². The molecule has 1 aromatic rings. The molecular formula is C13H15BrClNO4S. The number of halogens is 2. The van der Waals surface area contributed by atoms with Crippen LogP contribution in [0.25, 0.3) is 0 Å². The predicted octanol–water partition coefficient (Wildman–Crippen LogP) is 2.17. The second-order valence-electron chi connectivity index (χ2n) is 5.31. The highest BCUT2D eigenvalue weighted by Crippen LogP contribution is 2.28. The topological polar surface area (TPSA) is 72.5 Å². The van der Waals surface area contributed by atoms with Crippen LogP contribution in [0.1, 0.15) is 13.3 Å². The number of hydrogen-bond donors (Lipinski definition) is 1. The van der Waals surface area contributed by atoms with Crippen molar-refractivity contribution in [1.82, 2.24) is 5.32 Å². The molecule has 21 heavy (non-hydrogen) atoms. The van der Waals surface area contributed by atoms with Gasteiger partial charge in [0.05, 0.1) is 22.1 Å². The van der Waals surface area contributed by atoms with Crippen LogP contribution in [0, 0.1) is 0 Å². The number of carbonyl (C=O) groups excluding carboxylic acids is 1. The molecule has 0 aliphatic carbocycles. The SMILES string of the molecule is C[C@]1(NC(=O)COc2ccc(Br)cc2Cl)CCS(=O)(=O)C1. The molecule has 0 aromatic heterocycles. The number of carbonyl (C=O) groups is 1. The Bertz CT molecular complexity index is 664. The van der Waals surface area contributed by atoms with E-state index in [1.807, 2.05) is 0 Å². The molecule has 1 atom stereocenters. The van der Waals surface area contributed by atoms with E-state index in [-0.39, 0.29) is 24.0 Å². The molecule has 116 valence electrons. The normalized spacial score (nSPS) is 23.8. The van der Waals surface area contributed by atoms with Gasteiger partial charge in [0.15, 0.2) is 16.4 Å². The largest absolute Gasteiger partial charge is 0.482 e. The Morgan fingerprint density at radius 3 is 2.81 bits per heavy atom. The Hall–Kier alpha value is -0.790. The summed E-state index contributed by atoms with van der Waals surface area (Å²) in [6.07, 6.45) is 0.417. The Balaban J connectivity index is 1.91. The van der Waals surface area contributed by atoms with Gasteiger partial charge in [-0.2, -0.15) is 0 Å². The summed E-state index contributed by atoms with van der Waals surface area (Å²) in [5.74, 6) is 0.0984. The Morgan fingerprint density at radius 2 is 2.24 bits per heavy atom. The van der Waals surface area contributed by atoms with Crippen molar-refractivity contribution in [2.45, 2.75) is 18.9 Å². The van der Waals surface area contributed by atoms with E-state index in [0.29, 0.717) is 17.2 Å². The van der Waals surface area contributed by atoms with Gasteiger partial charge in [0.25, 0.3) is 5.91 Å². The number of rotatable bonds is 4. The van der Waals surface area contributed by atoms with Gasteiger partial charge in [-0.1, -0.05) is 27.5 Å². The molecule has 0 saturated carbocycles. The van der Waals surface area contributed by atoms with Crippen molar-refractivity contribution >= 4 is 43.3 Å². The smallest absolute Gasteiger partial charge is 0.258 e. The molecule has 0 bridgehead atoms. The van der Waals surface area contributed by atoms with Crippen molar-refractivity contribution in [3.05, 3.63) is 27.7 Å². The highest BCUT2D eigenvalue weighted by atomic mass is 79.9. The third-order valence-electron chi connectivity index (χ3n) is 3.20. The molecule has 1 N–H and O–H groups in total. The van der Waals surface area contributed by atoms with Gasteiger partial charge in [0.2, 0.25) is 0 Å². The van der Waals surface area contributed by atoms with Gasteiger partial charge in [0.1, 0.15) is 5.75 Å². The molecule has 8 heteroatoms. The lowest BCUT2D eigenvalue weighted by Crippen LogP contribution is -2.48. The maximum atomic E-state index is 11.9. The number of ether oxygens (including phenoxy) is 1. The van der Waals surface area contributed by atoms with Gasteiger partial charge in [-0.3, -0.25) is 4.79 Å². The fraction of sp³-hybridized carbons (Fsp3) is 0.462. The first-order valence-electron chi connectivity index (χ1n) is 6.28.